The highest BCUT2D eigenvalue weighted by molar-refractivity contribution is 6.02. The van der Waals surface area contributed by atoms with Gasteiger partial charge in [-0.15, -0.1) is 0 Å². The highest BCUT2D eigenvalue weighted by Crippen LogP contribution is 2.39. The molecule has 4 unspecified atom stereocenters. The fourth-order valence-electron chi connectivity index (χ4n) is 4.21. The summed E-state index contributed by atoms with van der Waals surface area (Å²) in [5.41, 5.74) is -0.934. The number of amides is 3. The normalized spacial score (nSPS) is 26.9. The van der Waals surface area contributed by atoms with E-state index in [0.29, 0.717) is 19.4 Å². The maximum absolute atomic E-state index is 13.0. The molecule has 0 aromatic carbocycles. The molecule has 13 nitrogen and oxygen atoms in total. The minimum Gasteiger partial charge on any atom is -0.391 e. The van der Waals surface area contributed by atoms with Crippen LogP contribution in [-0.2, 0) is 21.5 Å². The summed E-state index contributed by atoms with van der Waals surface area (Å²) >= 11 is 0. The Morgan fingerprint density at radius 1 is 1.50 bits per heavy atom. The van der Waals surface area contributed by atoms with Crippen LogP contribution in [0, 0.1) is 0 Å². The molecule has 3 N–H and O–H groups in total. The zero-order valence-corrected chi connectivity index (χ0v) is 16.7. The van der Waals surface area contributed by atoms with Crippen molar-refractivity contribution >= 4 is 24.1 Å². The van der Waals surface area contributed by atoms with Crippen molar-refractivity contribution in [3.05, 3.63) is 12.2 Å². The van der Waals surface area contributed by atoms with Gasteiger partial charge in [0, 0.05) is 13.6 Å². The van der Waals surface area contributed by atoms with Gasteiger partial charge in [0.1, 0.15) is 24.2 Å². The van der Waals surface area contributed by atoms with E-state index in [4.69, 9.17) is 4.84 Å². The molecule has 4 heterocycles. The van der Waals surface area contributed by atoms with Gasteiger partial charge in [0.25, 0.3) is 11.8 Å². The summed E-state index contributed by atoms with van der Waals surface area (Å²) in [4.78, 5) is 50.3. The predicted molar refractivity (Wildman–Crippen MR) is 101 cm³/mol. The van der Waals surface area contributed by atoms with Gasteiger partial charge in [-0.3, -0.25) is 14.4 Å². The molecule has 162 valence electrons. The van der Waals surface area contributed by atoms with Crippen molar-refractivity contribution in [2.24, 2.45) is 12.2 Å². The summed E-state index contributed by atoms with van der Waals surface area (Å²) < 4.78 is 1.38. The number of hydrogen-bond donors (Lipinski definition) is 3. The van der Waals surface area contributed by atoms with Crippen LogP contribution in [0.25, 0.3) is 0 Å². The number of nitrogens with zero attached hydrogens (tertiary/aromatic N) is 6. The molecule has 30 heavy (non-hydrogen) atoms. The molecule has 4 rings (SSSR count). The van der Waals surface area contributed by atoms with Crippen molar-refractivity contribution in [1.82, 2.24) is 35.2 Å². The molecule has 0 saturated carbocycles. The zero-order chi connectivity index (χ0) is 21.5. The first-order valence-electron chi connectivity index (χ1n) is 9.70. The van der Waals surface area contributed by atoms with E-state index in [-0.39, 0.29) is 30.7 Å². The molecule has 13 heteroatoms. The largest absolute Gasteiger partial charge is 0.391 e. The lowest BCUT2D eigenvalue weighted by molar-refractivity contribution is -0.161. The number of aliphatic hydroxyl groups excluding tert-OH is 1. The minimum atomic E-state index is -0.934. The van der Waals surface area contributed by atoms with E-state index in [1.54, 1.807) is 11.9 Å². The first kappa shape index (κ1) is 20.1. The van der Waals surface area contributed by atoms with Crippen LogP contribution >= 0.6 is 0 Å². The number of likely N-dealkylation sites (tertiary alicyclic amines) is 2. The first-order valence-corrected chi connectivity index (χ1v) is 9.70. The minimum absolute atomic E-state index is 0.173. The maximum Gasteiger partial charge on any atom is 0.292 e. The summed E-state index contributed by atoms with van der Waals surface area (Å²) in [5.74, 6) is -0.877. The molecule has 4 atom stereocenters. The third-order valence-corrected chi connectivity index (χ3v) is 5.75. The molecule has 3 amide bonds. The van der Waals surface area contributed by atoms with E-state index in [9.17, 15) is 19.5 Å². The maximum atomic E-state index is 13.0. The van der Waals surface area contributed by atoms with Crippen LogP contribution in [0.1, 0.15) is 30.4 Å². The van der Waals surface area contributed by atoms with Crippen molar-refractivity contribution in [2.45, 2.75) is 43.7 Å². The lowest BCUT2D eigenvalue weighted by Gasteiger charge is -2.50. The number of aryl methyl sites for hydroxylation is 1. The molecule has 1 aromatic rings. The van der Waals surface area contributed by atoms with Crippen molar-refractivity contribution in [3.8, 4) is 0 Å². The smallest absolute Gasteiger partial charge is 0.292 e. The number of aromatic nitrogens is 3. The van der Waals surface area contributed by atoms with Gasteiger partial charge in [-0.05, 0) is 19.8 Å². The Balaban J connectivity index is 1.38. The highest BCUT2D eigenvalue weighted by atomic mass is 16.7. The van der Waals surface area contributed by atoms with E-state index in [1.807, 2.05) is 0 Å². The molecule has 2 saturated heterocycles. The standard InChI is InChI=1S/C17H24N8O5/c1-10(26)12(14-19-9-21-30-14)22-11(27)6-24-7-17(16(24)29)4-3-5-25(17)15(28)13-18-8-20-23(13)2/h8-10,12,14,26H,3-7H2,1-2H3,(H,19,21)(H,22,27). The number of rotatable bonds is 6. The van der Waals surface area contributed by atoms with Gasteiger partial charge in [0.15, 0.2) is 0 Å². The van der Waals surface area contributed by atoms with Gasteiger partial charge < -0.3 is 30.4 Å². The van der Waals surface area contributed by atoms with E-state index in [0.717, 1.165) is 0 Å². The molecule has 1 aromatic heterocycles. The predicted octanol–water partition coefficient (Wildman–Crippen LogP) is -2.61. The summed E-state index contributed by atoms with van der Waals surface area (Å²) in [6.45, 7) is 2.06. The van der Waals surface area contributed by atoms with Gasteiger partial charge >= 0.3 is 0 Å². The Morgan fingerprint density at radius 2 is 2.30 bits per heavy atom. The second kappa shape index (κ2) is 7.55. The molecule has 2 fully saturated rings. The lowest BCUT2D eigenvalue weighted by atomic mass is 9.85. The van der Waals surface area contributed by atoms with Crippen molar-refractivity contribution in [2.75, 3.05) is 19.6 Å². The topological polar surface area (TPSA) is 154 Å². The van der Waals surface area contributed by atoms with E-state index in [1.165, 1.54) is 29.2 Å². The van der Waals surface area contributed by atoms with E-state index >= 15 is 0 Å². The average molecular weight is 420 g/mol. The second-order valence-corrected chi connectivity index (χ2v) is 7.72. The van der Waals surface area contributed by atoms with Crippen molar-refractivity contribution < 1.29 is 24.3 Å². The third kappa shape index (κ3) is 3.24. The van der Waals surface area contributed by atoms with Crippen molar-refractivity contribution in [3.63, 3.8) is 0 Å². The molecule has 0 aliphatic carbocycles. The Bertz CT molecular complexity index is 877. The molecule has 0 radical (unpaired) electrons. The molecule has 3 aliphatic rings. The van der Waals surface area contributed by atoms with Gasteiger partial charge in [-0.25, -0.2) is 9.67 Å². The van der Waals surface area contributed by atoms with Gasteiger partial charge in [0.2, 0.25) is 18.0 Å². The number of oxime groups is 1. The fourth-order valence-corrected chi connectivity index (χ4v) is 4.21. The quantitative estimate of drug-likeness (QED) is 0.423. The SMILES string of the molecule is CC(O)C(NC(=O)CN1CC2(CCCN2C(=O)c2ncnn2C)C1=O)C1NC=NO1. The molecular formula is C17H24N8O5. The van der Waals surface area contributed by atoms with Crippen molar-refractivity contribution in [1.29, 1.82) is 0 Å². The Kier molecular flexibility index (Phi) is 5.05. The Morgan fingerprint density at radius 3 is 2.90 bits per heavy atom. The molecule has 3 aliphatic heterocycles. The van der Waals surface area contributed by atoms with Crippen LogP contribution in [0.3, 0.4) is 0 Å². The molecular weight excluding hydrogens is 396 g/mol. The number of nitrogens with one attached hydrogen (secondary N) is 2. The summed E-state index contributed by atoms with van der Waals surface area (Å²) in [6, 6.07) is -0.745. The van der Waals surface area contributed by atoms with Crippen LogP contribution in [-0.4, -0.2) is 97.3 Å². The monoisotopic (exact) mass is 420 g/mol. The summed E-state index contributed by atoms with van der Waals surface area (Å²) in [6.07, 6.45) is 2.27. The first-order chi connectivity index (χ1) is 14.3. The average Bonchev–Trinajstić information content (AvgIpc) is 3.46. The van der Waals surface area contributed by atoms with Crippen LogP contribution in [0.5, 0.6) is 0 Å². The Labute approximate surface area is 172 Å². The van der Waals surface area contributed by atoms with Crippen LogP contribution < -0.4 is 10.6 Å². The highest BCUT2D eigenvalue weighted by Gasteiger charge is 2.60. The van der Waals surface area contributed by atoms with Crippen LogP contribution in [0.2, 0.25) is 0 Å². The van der Waals surface area contributed by atoms with Gasteiger partial charge in [-0.2, -0.15) is 5.10 Å². The number of aliphatic hydroxyl groups is 1. The van der Waals surface area contributed by atoms with Gasteiger partial charge in [0.05, 0.1) is 19.2 Å². The number of carbonyl (C=O) groups is 3. The molecule has 0 bridgehead atoms. The molecule has 1 spiro atoms. The Hall–Kier alpha value is -3.22. The number of carbonyl (C=O) groups excluding carboxylic acids is 3. The second-order valence-electron chi connectivity index (χ2n) is 7.72. The zero-order valence-electron chi connectivity index (χ0n) is 16.7. The number of hydrogen-bond acceptors (Lipinski definition) is 9. The van der Waals surface area contributed by atoms with E-state index in [2.05, 4.69) is 25.9 Å². The van der Waals surface area contributed by atoms with E-state index < -0.39 is 29.8 Å². The fraction of sp³-hybridized carbons (Fsp3) is 0.647. The summed E-state index contributed by atoms with van der Waals surface area (Å²) in [5, 5.41) is 22.9. The van der Waals surface area contributed by atoms with Gasteiger partial charge in [-0.1, -0.05) is 5.16 Å². The number of β-lactam (4-membered cyclic amide) rings is 1. The summed E-state index contributed by atoms with van der Waals surface area (Å²) in [7, 11) is 1.62. The third-order valence-electron chi connectivity index (χ3n) is 5.75. The van der Waals surface area contributed by atoms with Crippen LogP contribution in [0.4, 0.5) is 0 Å². The lowest BCUT2D eigenvalue weighted by Crippen LogP contribution is -2.74. The van der Waals surface area contributed by atoms with Crippen LogP contribution in [0.15, 0.2) is 11.5 Å².